The summed E-state index contributed by atoms with van der Waals surface area (Å²) < 4.78 is 15.0. The molecular weight excluding hydrogens is 295 g/mol. The standard InChI is InChI=1S/C17H23FN4O/c1-11-7-15(18)5-6-16(11)20-17(23)9-19-13(3)10-22-14(4)8-12(2)21-22/h5-8,13,19H,9-10H2,1-4H3,(H,20,23). The third-order valence-electron chi connectivity index (χ3n) is 3.62. The number of amides is 1. The molecule has 1 atom stereocenters. The van der Waals surface area contributed by atoms with Gasteiger partial charge in [0, 0.05) is 17.4 Å². The molecule has 0 aliphatic carbocycles. The molecule has 2 aromatic rings. The van der Waals surface area contributed by atoms with Gasteiger partial charge in [-0.3, -0.25) is 9.48 Å². The van der Waals surface area contributed by atoms with Gasteiger partial charge in [-0.05, 0) is 57.5 Å². The van der Waals surface area contributed by atoms with Crippen LogP contribution in [0.2, 0.25) is 0 Å². The van der Waals surface area contributed by atoms with E-state index in [9.17, 15) is 9.18 Å². The molecule has 23 heavy (non-hydrogen) atoms. The Morgan fingerprint density at radius 3 is 2.65 bits per heavy atom. The Morgan fingerprint density at radius 1 is 1.30 bits per heavy atom. The van der Waals surface area contributed by atoms with Gasteiger partial charge in [0.2, 0.25) is 5.91 Å². The summed E-state index contributed by atoms with van der Waals surface area (Å²) in [6.07, 6.45) is 0. The Balaban J connectivity index is 1.83. The molecule has 6 heteroatoms. The number of aryl methyl sites for hydroxylation is 3. The van der Waals surface area contributed by atoms with Crippen molar-refractivity contribution >= 4 is 11.6 Å². The van der Waals surface area contributed by atoms with Crippen molar-refractivity contribution in [2.45, 2.75) is 40.3 Å². The van der Waals surface area contributed by atoms with Crippen molar-refractivity contribution in [1.82, 2.24) is 15.1 Å². The van der Waals surface area contributed by atoms with Gasteiger partial charge in [-0.25, -0.2) is 4.39 Å². The molecule has 2 N–H and O–H groups in total. The minimum absolute atomic E-state index is 0.105. The van der Waals surface area contributed by atoms with Crippen molar-refractivity contribution in [2.75, 3.05) is 11.9 Å². The highest BCUT2D eigenvalue weighted by atomic mass is 19.1. The number of nitrogens with zero attached hydrogens (tertiary/aromatic N) is 2. The lowest BCUT2D eigenvalue weighted by Gasteiger charge is -2.15. The van der Waals surface area contributed by atoms with E-state index in [0.29, 0.717) is 17.8 Å². The van der Waals surface area contributed by atoms with E-state index in [4.69, 9.17) is 0 Å². The van der Waals surface area contributed by atoms with Crippen LogP contribution < -0.4 is 10.6 Å². The van der Waals surface area contributed by atoms with Crippen molar-refractivity contribution in [3.63, 3.8) is 0 Å². The molecule has 0 bridgehead atoms. The van der Waals surface area contributed by atoms with Crippen LogP contribution in [0.5, 0.6) is 0 Å². The van der Waals surface area contributed by atoms with E-state index in [2.05, 4.69) is 15.7 Å². The third-order valence-corrected chi connectivity index (χ3v) is 3.62. The molecule has 1 amide bonds. The number of nitrogens with one attached hydrogen (secondary N) is 2. The zero-order chi connectivity index (χ0) is 17.0. The average Bonchev–Trinajstić information content (AvgIpc) is 2.78. The first kappa shape index (κ1) is 17.1. The number of aromatic nitrogens is 2. The smallest absolute Gasteiger partial charge is 0.238 e. The van der Waals surface area contributed by atoms with E-state index < -0.39 is 0 Å². The first-order chi connectivity index (χ1) is 10.8. The lowest BCUT2D eigenvalue weighted by Crippen LogP contribution is -2.37. The predicted molar refractivity (Wildman–Crippen MR) is 88.9 cm³/mol. The topological polar surface area (TPSA) is 59.0 Å². The summed E-state index contributed by atoms with van der Waals surface area (Å²) in [5.74, 6) is -0.461. The van der Waals surface area contributed by atoms with Gasteiger partial charge in [-0.2, -0.15) is 5.10 Å². The zero-order valence-electron chi connectivity index (χ0n) is 14.0. The third kappa shape index (κ3) is 4.89. The molecule has 1 heterocycles. The minimum Gasteiger partial charge on any atom is -0.325 e. The second-order valence-electron chi connectivity index (χ2n) is 5.90. The number of hydrogen-bond acceptors (Lipinski definition) is 3. The molecule has 0 aliphatic heterocycles. The Bertz CT molecular complexity index is 696. The van der Waals surface area contributed by atoms with Crippen molar-refractivity contribution in [1.29, 1.82) is 0 Å². The van der Waals surface area contributed by atoms with E-state index in [0.717, 1.165) is 11.4 Å². The SMILES string of the molecule is Cc1cc(C)n(CC(C)NCC(=O)Nc2ccc(F)cc2C)n1. The number of carbonyl (C=O) groups is 1. The second kappa shape index (κ2) is 7.37. The van der Waals surface area contributed by atoms with Crippen molar-refractivity contribution in [2.24, 2.45) is 0 Å². The van der Waals surface area contributed by atoms with Crippen molar-refractivity contribution in [3.05, 3.63) is 47.0 Å². The zero-order valence-corrected chi connectivity index (χ0v) is 14.0. The highest BCUT2D eigenvalue weighted by molar-refractivity contribution is 5.92. The van der Waals surface area contributed by atoms with Crippen LogP contribution in [0.4, 0.5) is 10.1 Å². The first-order valence-corrected chi connectivity index (χ1v) is 7.65. The monoisotopic (exact) mass is 318 g/mol. The molecule has 0 saturated carbocycles. The van der Waals surface area contributed by atoms with Gasteiger partial charge in [-0.15, -0.1) is 0 Å². The number of halogens is 1. The Hall–Kier alpha value is -2.21. The molecule has 0 saturated heterocycles. The Labute approximate surface area is 135 Å². The van der Waals surface area contributed by atoms with Gasteiger partial charge in [0.25, 0.3) is 0 Å². The van der Waals surface area contributed by atoms with Crippen LogP contribution in [0.1, 0.15) is 23.9 Å². The van der Waals surface area contributed by atoms with Gasteiger partial charge < -0.3 is 10.6 Å². The van der Waals surface area contributed by atoms with Crippen LogP contribution in [-0.2, 0) is 11.3 Å². The lowest BCUT2D eigenvalue weighted by molar-refractivity contribution is -0.115. The second-order valence-corrected chi connectivity index (χ2v) is 5.90. The van der Waals surface area contributed by atoms with E-state index in [1.54, 1.807) is 13.0 Å². The van der Waals surface area contributed by atoms with E-state index >= 15 is 0 Å². The highest BCUT2D eigenvalue weighted by Gasteiger charge is 2.10. The van der Waals surface area contributed by atoms with Gasteiger partial charge in [0.1, 0.15) is 5.82 Å². The van der Waals surface area contributed by atoms with E-state index in [1.807, 2.05) is 31.5 Å². The Morgan fingerprint density at radius 2 is 2.04 bits per heavy atom. The van der Waals surface area contributed by atoms with Crippen LogP contribution >= 0.6 is 0 Å². The quantitative estimate of drug-likeness (QED) is 0.860. The largest absolute Gasteiger partial charge is 0.325 e. The molecule has 0 aliphatic rings. The van der Waals surface area contributed by atoms with Gasteiger partial charge in [0.15, 0.2) is 0 Å². The van der Waals surface area contributed by atoms with Crippen LogP contribution in [-0.4, -0.2) is 28.3 Å². The van der Waals surface area contributed by atoms with Crippen LogP contribution in [0.15, 0.2) is 24.3 Å². The summed E-state index contributed by atoms with van der Waals surface area (Å²) in [4.78, 5) is 12.0. The fourth-order valence-corrected chi connectivity index (χ4v) is 2.41. The van der Waals surface area contributed by atoms with Crippen molar-refractivity contribution in [3.8, 4) is 0 Å². The molecule has 5 nitrogen and oxygen atoms in total. The summed E-state index contributed by atoms with van der Waals surface area (Å²) >= 11 is 0. The lowest BCUT2D eigenvalue weighted by atomic mass is 10.2. The van der Waals surface area contributed by atoms with Gasteiger partial charge >= 0.3 is 0 Å². The van der Waals surface area contributed by atoms with Gasteiger partial charge in [-0.1, -0.05) is 0 Å². The van der Waals surface area contributed by atoms with E-state index in [1.165, 1.54) is 12.1 Å². The van der Waals surface area contributed by atoms with Crippen LogP contribution in [0.3, 0.4) is 0 Å². The number of anilines is 1. The predicted octanol–water partition coefficient (Wildman–Crippen LogP) is 2.56. The highest BCUT2D eigenvalue weighted by Crippen LogP contribution is 2.15. The van der Waals surface area contributed by atoms with Crippen LogP contribution in [0, 0.1) is 26.6 Å². The fourth-order valence-electron chi connectivity index (χ4n) is 2.41. The molecule has 2 rings (SSSR count). The summed E-state index contributed by atoms with van der Waals surface area (Å²) in [5, 5.41) is 10.4. The maximum absolute atomic E-state index is 13.0. The summed E-state index contributed by atoms with van der Waals surface area (Å²) in [7, 11) is 0. The van der Waals surface area contributed by atoms with Crippen LogP contribution in [0.25, 0.3) is 0 Å². The average molecular weight is 318 g/mol. The minimum atomic E-state index is -0.308. The molecule has 0 spiro atoms. The Kier molecular flexibility index (Phi) is 5.50. The number of rotatable bonds is 6. The normalized spacial score (nSPS) is 12.2. The van der Waals surface area contributed by atoms with Crippen molar-refractivity contribution < 1.29 is 9.18 Å². The molecule has 1 aromatic heterocycles. The maximum atomic E-state index is 13.0. The number of hydrogen-bond donors (Lipinski definition) is 2. The molecule has 1 aromatic carbocycles. The molecule has 1 unspecified atom stereocenters. The molecular formula is C17H23FN4O. The molecule has 0 fully saturated rings. The van der Waals surface area contributed by atoms with Gasteiger partial charge in [0.05, 0.1) is 18.8 Å². The summed E-state index contributed by atoms with van der Waals surface area (Å²) in [5.41, 5.74) is 3.42. The number of carbonyl (C=O) groups excluding carboxylic acids is 1. The van der Waals surface area contributed by atoms with E-state index in [-0.39, 0.29) is 24.3 Å². The maximum Gasteiger partial charge on any atom is 0.238 e. The molecule has 0 radical (unpaired) electrons. The number of benzene rings is 1. The summed E-state index contributed by atoms with van der Waals surface area (Å²) in [6, 6.07) is 6.43. The first-order valence-electron chi connectivity index (χ1n) is 7.65. The fraction of sp³-hybridized carbons (Fsp3) is 0.412. The molecule has 124 valence electrons. The summed E-state index contributed by atoms with van der Waals surface area (Å²) in [6.45, 7) is 8.63.